The van der Waals surface area contributed by atoms with Gasteiger partial charge in [-0.05, 0) is 49.9 Å². The molecule has 2 N–H and O–H groups in total. The predicted octanol–water partition coefficient (Wildman–Crippen LogP) is 6.50. The van der Waals surface area contributed by atoms with Gasteiger partial charge >= 0.3 is 12.1 Å². The summed E-state index contributed by atoms with van der Waals surface area (Å²) < 4.78 is 16.8. The van der Waals surface area contributed by atoms with Crippen LogP contribution in [0, 0.1) is 5.92 Å². The number of hydrogen-bond acceptors (Lipinski definition) is 6. The number of phenolic OH excluding ortho intramolecular Hbond substituents is 1. The average Bonchev–Trinajstić information content (AvgIpc) is 2.80. The maximum Gasteiger partial charge on any atom is 0.414 e. The molecule has 2 aromatic carbocycles. The van der Waals surface area contributed by atoms with Crippen LogP contribution in [0.1, 0.15) is 39.0 Å². The third kappa shape index (κ3) is 6.84. The molecule has 0 atom stereocenters. The minimum Gasteiger partial charge on any atom is -0.508 e. The Morgan fingerprint density at radius 1 is 1.06 bits per heavy atom. The number of carboxylic acid groups (broad SMARTS) is 1. The van der Waals surface area contributed by atoms with Crippen LogP contribution in [0.4, 0.5) is 10.5 Å². The Morgan fingerprint density at radius 3 is 2.35 bits per heavy atom. The molecular formula is C24H27Cl2NO7. The van der Waals surface area contributed by atoms with Gasteiger partial charge in [0, 0.05) is 6.07 Å². The maximum atomic E-state index is 12.2. The molecule has 0 bridgehead atoms. The number of aliphatic carboxylic acids is 1. The number of nitrogens with zero attached hydrogens (tertiary/aromatic N) is 1. The number of rotatable bonds is 9. The molecule has 1 aliphatic rings. The summed E-state index contributed by atoms with van der Waals surface area (Å²) in [6.45, 7) is 1.55. The number of halogens is 2. The molecule has 1 fully saturated rings. The largest absolute Gasteiger partial charge is 0.508 e. The van der Waals surface area contributed by atoms with Crippen LogP contribution in [0.2, 0.25) is 10.0 Å². The van der Waals surface area contributed by atoms with E-state index in [-0.39, 0.29) is 33.8 Å². The first-order chi connectivity index (χ1) is 16.3. The summed E-state index contributed by atoms with van der Waals surface area (Å²) >= 11 is 12.8. The third-order valence-corrected chi connectivity index (χ3v) is 5.98. The number of phenols is 1. The number of anilines is 1. The Kier molecular flexibility index (Phi) is 9.12. The van der Waals surface area contributed by atoms with E-state index in [2.05, 4.69) is 0 Å². The van der Waals surface area contributed by atoms with E-state index in [0.717, 1.165) is 17.7 Å². The molecule has 0 aromatic heterocycles. The highest BCUT2D eigenvalue weighted by Crippen LogP contribution is 2.43. The van der Waals surface area contributed by atoms with Crippen LogP contribution in [0.15, 0.2) is 30.3 Å². The minimum atomic E-state index is -1.23. The number of hydrogen-bond donors (Lipinski definition) is 2. The number of benzene rings is 2. The summed E-state index contributed by atoms with van der Waals surface area (Å²) in [5, 5.41) is 19.2. The number of carboxylic acids is 1. The first kappa shape index (κ1) is 25.8. The zero-order chi connectivity index (χ0) is 24.7. The summed E-state index contributed by atoms with van der Waals surface area (Å²) in [5.74, 6) is -0.0153. The van der Waals surface area contributed by atoms with Gasteiger partial charge in [-0.15, -0.1) is 0 Å². The van der Waals surface area contributed by atoms with Crippen molar-refractivity contribution in [3.63, 3.8) is 0 Å². The van der Waals surface area contributed by atoms with Gasteiger partial charge in [0.25, 0.3) is 0 Å². The van der Waals surface area contributed by atoms with Crippen LogP contribution in [-0.4, -0.2) is 42.0 Å². The summed E-state index contributed by atoms with van der Waals surface area (Å²) in [7, 11) is 0. The zero-order valence-electron chi connectivity index (χ0n) is 18.8. The molecule has 34 heavy (non-hydrogen) atoms. The van der Waals surface area contributed by atoms with Crippen LogP contribution in [0.5, 0.6) is 23.0 Å². The predicted molar refractivity (Wildman–Crippen MR) is 129 cm³/mol. The van der Waals surface area contributed by atoms with Crippen LogP contribution >= 0.6 is 23.2 Å². The first-order valence-corrected chi connectivity index (χ1v) is 11.8. The molecule has 0 radical (unpaired) electrons. The standard InChI is InChI=1S/C24H27Cl2NO7/c1-2-32-24(31)27(13-22(29)30)16-10-18(25)23(19(26)11-16)34-20-9-8-17(28)12-21(20)33-14-15-6-4-3-5-7-15/h8-12,15,28H,2-7,13-14H2,1H3,(H,29,30). The van der Waals surface area contributed by atoms with Crippen molar-refractivity contribution in [1.29, 1.82) is 0 Å². The lowest BCUT2D eigenvalue weighted by Gasteiger charge is -2.23. The number of ether oxygens (including phenoxy) is 3. The van der Waals surface area contributed by atoms with Gasteiger partial charge in [-0.3, -0.25) is 9.69 Å². The molecule has 3 rings (SSSR count). The molecule has 0 heterocycles. The summed E-state index contributed by atoms with van der Waals surface area (Å²) in [6, 6.07) is 7.19. The fourth-order valence-corrected chi connectivity index (χ4v) is 4.32. The molecule has 1 amide bonds. The minimum absolute atomic E-state index is 0.0253. The van der Waals surface area contributed by atoms with E-state index in [0.29, 0.717) is 24.0 Å². The van der Waals surface area contributed by atoms with Crippen molar-refractivity contribution in [3.8, 4) is 23.0 Å². The van der Waals surface area contributed by atoms with E-state index in [4.69, 9.17) is 37.4 Å². The van der Waals surface area contributed by atoms with Crippen molar-refractivity contribution in [2.45, 2.75) is 39.0 Å². The Balaban J connectivity index is 1.84. The molecule has 8 nitrogen and oxygen atoms in total. The summed E-state index contributed by atoms with van der Waals surface area (Å²) in [4.78, 5) is 24.4. The molecule has 0 aliphatic heterocycles. The molecule has 2 aromatic rings. The van der Waals surface area contributed by atoms with E-state index < -0.39 is 18.6 Å². The van der Waals surface area contributed by atoms with Gasteiger partial charge in [-0.25, -0.2) is 4.79 Å². The van der Waals surface area contributed by atoms with Gasteiger partial charge in [0.1, 0.15) is 12.3 Å². The second-order valence-electron chi connectivity index (χ2n) is 7.97. The smallest absolute Gasteiger partial charge is 0.414 e. The van der Waals surface area contributed by atoms with Gasteiger partial charge in [0.05, 0.1) is 28.9 Å². The summed E-state index contributed by atoms with van der Waals surface area (Å²) in [6.07, 6.45) is 4.95. The quantitative estimate of drug-likeness (QED) is 0.395. The van der Waals surface area contributed by atoms with Crippen LogP contribution in [0.25, 0.3) is 0 Å². The zero-order valence-corrected chi connectivity index (χ0v) is 20.3. The van der Waals surface area contributed by atoms with E-state index in [9.17, 15) is 19.8 Å². The average molecular weight is 512 g/mol. The lowest BCUT2D eigenvalue weighted by molar-refractivity contribution is -0.135. The van der Waals surface area contributed by atoms with Crippen LogP contribution in [-0.2, 0) is 9.53 Å². The van der Waals surface area contributed by atoms with E-state index in [1.807, 2.05) is 0 Å². The van der Waals surface area contributed by atoms with Gasteiger partial charge in [-0.2, -0.15) is 0 Å². The fraction of sp³-hybridized carbons (Fsp3) is 0.417. The molecule has 10 heteroatoms. The Bertz CT molecular complexity index is 1000. The van der Waals surface area contributed by atoms with E-state index in [1.165, 1.54) is 43.5 Å². The highest BCUT2D eigenvalue weighted by atomic mass is 35.5. The van der Waals surface area contributed by atoms with Crippen molar-refractivity contribution in [1.82, 2.24) is 0 Å². The number of aromatic hydroxyl groups is 1. The van der Waals surface area contributed by atoms with E-state index >= 15 is 0 Å². The Morgan fingerprint density at radius 2 is 1.74 bits per heavy atom. The third-order valence-electron chi connectivity index (χ3n) is 5.41. The molecule has 1 saturated carbocycles. The lowest BCUT2D eigenvalue weighted by atomic mass is 9.90. The highest BCUT2D eigenvalue weighted by Gasteiger charge is 2.24. The van der Waals surface area contributed by atoms with Crippen molar-refractivity contribution in [2.24, 2.45) is 5.92 Å². The number of carbonyl (C=O) groups is 2. The number of amides is 1. The molecule has 0 saturated heterocycles. The van der Waals surface area contributed by atoms with Crippen molar-refractivity contribution in [3.05, 3.63) is 40.4 Å². The first-order valence-electron chi connectivity index (χ1n) is 11.1. The second kappa shape index (κ2) is 12.0. The lowest BCUT2D eigenvalue weighted by Crippen LogP contribution is -2.36. The van der Waals surface area contributed by atoms with Crippen LogP contribution in [0.3, 0.4) is 0 Å². The van der Waals surface area contributed by atoms with Gasteiger partial charge in [-0.1, -0.05) is 42.5 Å². The molecular weight excluding hydrogens is 485 g/mol. The van der Waals surface area contributed by atoms with Crippen molar-refractivity contribution in [2.75, 3.05) is 24.7 Å². The van der Waals surface area contributed by atoms with Gasteiger partial charge < -0.3 is 24.4 Å². The Hall–Kier alpha value is -2.84. The van der Waals surface area contributed by atoms with E-state index in [1.54, 1.807) is 13.0 Å². The van der Waals surface area contributed by atoms with Gasteiger partial charge in [0.2, 0.25) is 0 Å². The molecule has 1 aliphatic carbocycles. The Labute approximate surface area is 207 Å². The SMILES string of the molecule is CCOC(=O)N(CC(=O)O)c1cc(Cl)c(Oc2ccc(O)cc2OCC2CCCCC2)c(Cl)c1. The molecule has 0 spiro atoms. The van der Waals surface area contributed by atoms with Crippen LogP contribution < -0.4 is 14.4 Å². The topological polar surface area (TPSA) is 106 Å². The maximum absolute atomic E-state index is 12.2. The molecule has 184 valence electrons. The van der Waals surface area contributed by atoms with Gasteiger partial charge in [0.15, 0.2) is 17.2 Å². The second-order valence-corrected chi connectivity index (χ2v) is 8.78. The van der Waals surface area contributed by atoms with Crippen molar-refractivity contribution < 1.29 is 34.0 Å². The highest BCUT2D eigenvalue weighted by molar-refractivity contribution is 6.37. The fourth-order valence-electron chi connectivity index (χ4n) is 3.76. The number of carbonyl (C=O) groups excluding carboxylic acids is 1. The molecule has 0 unspecified atom stereocenters. The normalized spacial score (nSPS) is 13.9. The van der Waals surface area contributed by atoms with Crippen molar-refractivity contribution >= 4 is 41.0 Å². The summed E-state index contributed by atoms with van der Waals surface area (Å²) in [5.41, 5.74) is 0.141. The monoisotopic (exact) mass is 511 g/mol.